The largest absolute Gasteiger partial charge is 0.346 e. The number of thiazole rings is 1. The van der Waals surface area contributed by atoms with Crippen molar-refractivity contribution in [3.63, 3.8) is 0 Å². The number of halogens is 1. The first kappa shape index (κ1) is 16.0. The summed E-state index contributed by atoms with van der Waals surface area (Å²) in [6.07, 6.45) is 0.984. The number of amides is 1. The van der Waals surface area contributed by atoms with Gasteiger partial charge in [0.1, 0.15) is 5.82 Å². The predicted octanol–water partition coefficient (Wildman–Crippen LogP) is 4.07. The molecule has 1 aromatic heterocycles. The number of benzene rings is 2. The second-order valence-corrected chi connectivity index (χ2v) is 7.26. The van der Waals surface area contributed by atoms with Crippen molar-refractivity contribution in [3.05, 3.63) is 53.8 Å². The Morgan fingerprint density at radius 3 is 2.76 bits per heavy atom. The van der Waals surface area contributed by atoms with Crippen LogP contribution < -0.4 is 10.2 Å². The Kier molecular flexibility index (Phi) is 4.13. The fourth-order valence-corrected chi connectivity index (χ4v) is 3.90. The molecule has 2 heterocycles. The molecule has 0 bridgehead atoms. The van der Waals surface area contributed by atoms with Crippen molar-refractivity contribution in [1.29, 1.82) is 0 Å². The van der Waals surface area contributed by atoms with E-state index in [1.807, 2.05) is 24.3 Å². The van der Waals surface area contributed by atoms with Crippen LogP contribution in [0.3, 0.4) is 0 Å². The summed E-state index contributed by atoms with van der Waals surface area (Å²) in [6.45, 7) is 3.38. The predicted molar refractivity (Wildman–Crippen MR) is 99.7 cm³/mol. The van der Waals surface area contributed by atoms with E-state index in [0.717, 1.165) is 27.5 Å². The highest BCUT2D eigenvalue weighted by atomic mass is 32.1. The molecule has 1 aliphatic rings. The number of carbonyl (C=O) groups excluding carboxylic acids is 1. The molecule has 128 valence electrons. The lowest BCUT2D eigenvalue weighted by atomic mass is 10.00. The van der Waals surface area contributed by atoms with E-state index < -0.39 is 0 Å². The number of nitrogens with one attached hydrogen (secondary N) is 1. The average molecular weight is 355 g/mol. The van der Waals surface area contributed by atoms with Gasteiger partial charge in [-0.1, -0.05) is 30.4 Å². The summed E-state index contributed by atoms with van der Waals surface area (Å²) in [5, 5.41) is 3.81. The van der Waals surface area contributed by atoms with Gasteiger partial charge in [0.05, 0.1) is 16.1 Å². The fraction of sp³-hybridized carbons (Fsp3) is 0.263. The van der Waals surface area contributed by atoms with Gasteiger partial charge >= 0.3 is 0 Å². The highest BCUT2D eigenvalue weighted by molar-refractivity contribution is 7.22. The van der Waals surface area contributed by atoms with Crippen LogP contribution in [0.4, 0.5) is 15.2 Å². The third kappa shape index (κ3) is 3.22. The number of carbonyl (C=O) groups is 1. The van der Waals surface area contributed by atoms with Crippen molar-refractivity contribution in [2.24, 2.45) is 5.92 Å². The van der Waals surface area contributed by atoms with Crippen molar-refractivity contribution in [2.45, 2.75) is 13.3 Å². The van der Waals surface area contributed by atoms with Crippen LogP contribution in [0.25, 0.3) is 10.2 Å². The molecule has 0 spiro atoms. The molecule has 4 rings (SSSR count). The second kappa shape index (κ2) is 6.44. The lowest BCUT2D eigenvalue weighted by Crippen LogP contribution is -2.52. The van der Waals surface area contributed by atoms with Gasteiger partial charge in [0.25, 0.3) is 0 Å². The molecule has 0 atom stereocenters. The quantitative estimate of drug-likeness (QED) is 0.767. The Hall–Kier alpha value is -2.47. The van der Waals surface area contributed by atoms with Crippen molar-refractivity contribution in [1.82, 2.24) is 4.98 Å². The number of hydrogen-bond acceptors (Lipinski definition) is 4. The molecule has 1 aliphatic heterocycles. The Morgan fingerprint density at radius 2 is 2.04 bits per heavy atom. The van der Waals surface area contributed by atoms with Crippen LogP contribution in [0.15, 0.2) is 42.5 Å². The average Bonchev–Trinajstić information content (AvgIpc) is 2.96. The van der Waals surface area contributed by atoms with Gasteiger partial charge in [0.2, 0.25) is 5.91 Å². The molecule has 25 heavy (non-hydrogen) atoms. The fourth-order valence-electron chi connectivity index (χ4n) is 2.89. The Labute approximate surface area is 149 Å². The summed E-state index contributed by atoms with van der Waals surface area (Å²) in [4.78, 5) is 18.9. The molecule has 6 heteroatoms. The minimum Gasteiger partial charge on any atom is -0.346 e. The lowest BCUT2D eigenvalue weighted by molar-refractivity contribution is -0.120. The van der Waals surface area contributed by atoms with E-state index in [2.05, 4.69) is 22.1 Å². The number of fused-ring (bicyclic) bond motifs is 1. The lowest BCUT2D eigenvalue weighted by Gasteiger charge is -2.37. The summed E-state index contributed by atoms with van der Waals surface area (Å²) in [5.41, 5.74) is 2.88. The molecular formula is C19H18FN3OS. The zero-order valence-electron chi connectivity index (χ0n) is 13.8. The molecule has 3 aromatic rings. The second-order valence-electron chi connectivity index (χ2n) is 6.25. The van der Waals surface area contributed by atoms with Crippen molar-refractivity contribution < 1.29 is 9.18 Å². The van der Waals surface area contributed by atoms with E-state index in [1.54, 1.807) is 6.07 Å². The molecular weight excluding hydrogens is 337 g/mol. The molecule has 4 nitrogen and oxygen atoms in total. The van der Waals surface area contributed by atoms with Gasteiger partial charge in [-0.05, 0) is 42.3 Å². The number of hydrogen-bond donors (Lipinski definition) is 1. The van der Waals surface area contributed by atoms with E-state index in [9.17, 15) is 9.18 Å². The monoisotopic (exact) mass is 355 g/mol. The van der Waals surface area contributed by atoms with Gasteiger partial charge in [0.15, 0.2) is 5.13 Å². The van der Waals surface area contributed by atoms with E-state index in [1.165, 1.54) is 29.0 Å². The molecule has 0 saturated carbocycles. The molecule has 1 amide bonds. The first-order valence-corrected chi connectivity index (χ1v) is 9.15. The number of anilines is 2. The number of aryl methyl sites for hydroxylation is 1. The topological polar surface area (TPSA) is 45.2 Å². The molecule has 0 unspecified atom stereocenters. The zero-order valence-corrected chi connectivity index (χ0v) is 14.6. The Balaban J connectivity index is 1.37. The van der Waals surface area contributed by atoms with Crippen LogP contribution in [0, 0.1) is 11.7 Å². The normalized spacial score (nSPS) is 14.6. The van der Waals surface area contributed by atoms with Gasteiger partial charge in [-0.25, -0.2) is 9.37 Å². The highest BCUT2D eigenvalue weighted by Gasteiger charge is 2.34. The van der Waals surface area contributed by atoms with Crippen LogP contribution >= 0.6 is 11.3 Å². The summed E-state index contributed by atoms with van der Waals surface area (Å²) in [6, 6.07) is 12.5. The third-order valence-electron chi connectivity index (χ3n) is 4.49. The molecule has 1 saturated heterocycles. The van der Waals surface area contributed by atoms with Crippen LogP contribution in [0.2, 0.25) is 0 Å². The van der Waals surface area contributed by atoms with E-state index in [4.69, 9.17) is 0 Å². The van der Waals surface area contributed by atoms with Crippen molar-refractivity contribution in [2.75, 3.05) is 23.3 Å². The molecule has 2 aromatic carbocycles. The van der Waals surface area contributed by atoms with E-state index >= 15 is 0 Å². The number of aromatic nitrogens is 1. The summed E-state index contributed by atoms with van der Waals surface area (Å²) < 4.78 is 14.1. The van der Waals surface area contributed by atoms with Gasteiger partial charge in [-0.15, -0.1) is 0 Å². The van der Waals surface area contributed by atoms with Gasteiger partial charge in [0, 0.05) is 18.8 Å². The van der Waals surface area contributed by atoms with E-state index in [0.29, 0.717) is 13.1 Å². The Morgan fingerprint density at radius 1 is 1.28 bits per heavy atom. The summed E-state index contributed by atoms with van der Waals surface area (Å²) in [5.74, 6) is -0.264. The molecule has 1 fully saturated rings. The van der Waals surface area contributed by atoms with E-state index in [-0.39, 0.29) is 17.6 Å². The van der Waals surface area contributed by atoms with Crippen LogP contribution in [0.1, 0.15) is 12.5 Å². The standard InChI is InChI=1S/C19H18FN3OS/c1-2-12-3-6-15(7-4-12)21-18(24)13-10-23(11-13)19-22-16-8-5-14(20)9-17(16)25-19/h3-9,13H,2,10-11H2,1H3,(H,21,24). The minimum atomic E-state index is -0.252. The van der Waals surface area contributed by atoms with Crippen molar-refractivity contribution >= 4 is 38.3 Å². The maximum Gasteiger partial charge on any atom is 0.231 e. The smallest absolute Gasteiger partial charge is 0.231 e. The summed E-state index contributed by atoms with van der Waals surface area (Å²) in [7, 11) is 0. The Bertz CT molecular complexity index is 916. The maximum absolute atomic E-state index is 13.3. The van der Waals surface area contributed by atoms with Crippen LogP contribution in [0.5, 0.6) is 0 Å². The van der Waals surface area contributed by atoms with Gasteiger partial charge in [-0.3, -0.25) is 4.79 Å². The zero-order chi connectivity index (χ0) is 17.4. The molecule has 1 N–H and O–H groups in total. The molecule has 0 radical (unpaired) electrons. The first-order valence-electron chi connectivity index (χ1n) is 8.33. The minimum absolute atomic E-state index is 0.0349. The van der Waals surface area contributed by atoms with Gasteiger partial charge in [-0.2, -0.15) is 0 Å². The first-order chi connectivity index (χ1) is 12.1. The highest BCUT2D eigenvalue weighted by Crippen LogP contribution is 2.33. The van der Waals surface area contributed by atoms with Crippen LogP contribution in [-0.4, -0.2) is 24.0 Å². The van der Waals surface area contributed by atoms with Crippen molar-refractivity contribution in [3.8, 4) is 0 Å². The SMILES string of the molecule is CCc1ccc(NC(=O)C2CN(c3nc4ccc(F)cc4s3)C2)cc1. The summed E-state index contributed by atoms with van der Waals surface area (Å²) >= 11 is 1.46. The maximum atomic E-state index is 13.3. The van der Waals surface area contributed by atoms with Crippen LogP contribution in [-0.2, 0) is 11.2 Å². The van der Waals surface area contributed by atoms with Gasteiger partial charge < -0.3 is 10.2 Å². The number of rotatable bonds is 4. The number of nitrogens with zero attached hydrogens (tertiary/aromatic N) is 2. The molecule has 0 aliphatic carbocycles. The third-order valence-corrected chi connectivity index (χ3v) is 5.57.